The van der Waals surface area contributed by atoms with E-state index in [9.17, 15) is 0 Å². The SMILES string of the molecule is [CH]1=C(c2ccccc2)c2ccccc2[CH2][Ge]1([c]1ccccc1)[c]1ccccc1. The molecular formula is C27H22Ge. The van der Waals surface area contributed by atoms with Gasteiger partial charge in [0.1, 0.15) is 0 Å². The fourth-order valence-electron chi connectivity index (χ4n) is 4.48. The van der Waals surface area contributed by atoms with Gasteiger partial charge in [-0.15, -0.1) is 0 Å². The Morgan fingerprint density at radius 1 is 0.500 bits per heavy atom. The Bertz CT molecular complexity index is 1070. The van der Waals surface area contributed by atoms with Crippen LogP contribution in [-0.2, 0) is 5.25 Å². The van der Waals surface area contributed by atoms with Crippen molar-refractivity contribution in [1.82, 2.24) is 0 Å². The Hall–Kier alpha value is -2.84. The number of benzene rings is 4. The molecule has 134 valence electrons. The van der Waals surface area contributed by atoms with E-state index in [1.165, 1.54) is 31.1 Å². The predicted octanol–water partition coefficient (Wildman–Crippen LogP) is 5.02. The molecular weight excluding hydrogens is 397 g/mol. The zero-order chi connectivity index (χ0) is 18.8. The fourth-order valence-corrected chi connectivity index (χ4v) is 13.9. The van der Waals surface area contributed by atoms with Crippen molar-refractivity contribution in [3.05, 3.63) is 137 Å². The van der Waals surface area contributed by atoms with Gasteiger partial charge < -0.3 is 0 Å². The van der Waals surface area contributed by atoms with Crippen LogP contribution in [0.1, 0.15) is 16.7 Å². The first-order valence-corrected chi connectivity index (χ1v) is 14.6. The van der Waals surface area contributed by atoms with Gasteiger partial charge in [-0.25, -0.2) is 0 Å². The molecule has 1 aliphatic rings. The number of fused-ring (bicyclic) bond motifs is 1. The van der Waals surface area contributed by atoms with Gasteiger partial charge in [0, 0.05) is 0 Å². The maximum atomic E-state index is 2.68. The maximum absolute atomic E-state index is 2.76. The van der Waals surface area contributed by atoms with Crippen molar-refractivity contribution in [2.75, 3.05) is 0 Å². The Kier molecular flexibility index (Phi) is 4.50. The first kappa shape index (κ1) is 17.3. The summed E-state index contributed by atoms with van der Waals surface area (Å²) in [5.74, 6) is 0. The van der Waals surface area contributed by atoms with E-state index in [2.05, 4.69) is 120 Å². The molecule has 0 amide bonds. The second-order valence-electron chi connectivity index (χ2n) is 7.46. The van der Waals surface area contributed by atoms with Crippen LogP contribution in [0.4, 0.5) is 0 Å². The summed E-state index contributed by atoms with van der Waals surface area (Å²) in [5.41, 5.74) is 5.59. The zero-order valence-electron chi connectivity index (χ0n) is 15.8. The molecule has 28 heavy (non-hydrogen) atoms. The molecule has 1 heterocycles. The van der Waals surface area contributed by atoms with E-state index < -0.39 is 13.3 Å². The van der Waals surface area contributed by atoms with Crippen LogP contribution in [0.3, 0.4) is 0 Å². The van der Waals surface area contributed by atoms with Crippen LogP contribution in [-0.4, -0.2) is 13.3 Å². The van der Waals surface area contributed by atoms with Crippen LogP contribution >= 0.6 is 0 Å². The summed E-state index contributed by atoms with van der Waals surface area (Å²) in [6.07, 6.45) is 0. The monoisotopic (exact) mass is 420 g/mol. The minimum absolute atomic E-state index is 1.15. The average molecular weight is 419 g/mol. The van der Waals surface area contributed by atoms with Crippen molar-refractivity contribution in [3.63, 3.8) is 0 Å². The first-order valence-electron chi connectivity index (χ1n) is 9.84. The molecule has 0 saturated carbocycles. The van der Waals surface area contributed by atoms with E-state index in [-0.39, 0.29) is 0 Å². The van der Waals surface area contributed by atoms with Gasteiger partial charge in [-0.1, -0.05) is 0 Å². The van der Waals surface area contributed by atoms with E-state index in [1.54, 1.807) is 0 Å². The van der Waals surface area contributed by atoms with Crippen molar-refractivity contribution in [2.45, 2.75) is 5.25 Å². The van der Waals surface area contributed by atoms with Gasteiger partial charge in [0.2, 0.25) is 0 Å². The Balaban J connectivity index is 1.83. The van der Waals surface area contributed by atoms with Gasteiger partial charge in [-0.05, 0) is 0 Å². The molecule has 0 atom stereocenters. The van der Waals surface area contributed by atoms with Gasteiger partial charge in [0.05, 0.1) is 0 Å². The third kappa shape index (κ3) is 2.94. The second-order valence-corrected chi connectivity index (χ2v) is 15.3. The fraction of sp³-hybridized carbons (Fsp3) is 0.0370. The van der Waals surface area contributed by atoms with E-state index in [0.29, 0.717) is 0 Å². The Morgan fingerprint density at radius 3 is 1.61 bits per heavy atom. The molecule has 0 aromatic heterocycles. The predicted molar refractivity (Wildman–Crippen MR) is 122 cm³/mol. The van der Waals surface area contributed by atoms with E-state index in [4.69, 9.17) is 0 Å². The van der Waals surface area contributed by atoms with Crippen molar-refractivity contribution in [1.29, 1.82) is 0 Å². The zero-order valence-corrected chi connectivity index (χ0v) is 17.9. The van der Waals surface area contributed by atoms with Gasteiger partial charge in [-0.2, -0.15) is 0 Å². The summed E-state index contributed by atoms with van der Waals surface area (Å²) < 4.78 is 3.05. The van der Waals surface area contributed by atoms with Crippen LogP contribution in [0.5, 0.6) is 0 Å². The summed E-state index contributed by atoms with van der Waals surface area (Å²) in [7, 11) is 0. The number of rotatable bonds is 3. The molecule has 0 radical (unpaired) electrons. The van der Waals surface area contributed by atoms with Gasteiger partial charge in [0.25, 0.3) is 0 Å². The molecule has 4 aromatic carbocycles. The Morgan fingerprint density at radius 2 is 1.00 bits per heavy atom. The summed E-state index contributed by atoms with van der Waals surface area (Å²) in [6.45, 7) is 0. The first-order chi connectivity index (χ1) is 13.9. The van der Waals surface area contributed by atoms with Crippen LogP contribution in [0.25, 0.3) is 5.57 Å². The quantitative estimate of drug-likeness (QED) is 0.410. The Labute approximate surface area is 169 Å². The second kappa shape index (κ2) is 7.29. The van der Waals surface area contributed by atoms with E-state index in [1.807, 2.05) is 0 Å². The summed E-state index contributed by atoms with van der Waals surface area (Å²) in [6, 6.07) is 42.3. The molecule has 5 rings (SSSR count). The molecule has 0 N–H and O–H groups in total. The number of hydrogen-bond donors (Lipinski definition) is 0. The molecule has 1 heteroatoms. The normalized spacial score (nSPS) is 14.8. The van der Waals surface area contributed by atoms with Gasteiger partial charge >= 0.3 is 170 Å². The van der Waals surface area contributed by atoms with Crippen molar-refractivity contribution in [3.8, 4) is 0 Å². The van der Waals surface area contributed by atoms with Gasteiger partial charge in [-0.3, -0.25) is 0 Å². The third-order valence-electron chi connectivity index (χ3n) is 5.83. The summed E-state index contributed by atoms with van der Waals surface area (Å²) >= 11 is -2.76. The van der Waals surface area contributed by atoms with E-state index in [0.717, 1.165) is 5.25 Å². The van der Waals surface area contributed by atoms with Crippen molar-refractivity contribution >= 4 is 27.6 Å². The third-order valence-corrected chi connectivity index (χ3v) is 15.2. The molecule has 0 saturated heterocycles. The minimum atomic E-state index is -2.76. The standard InChI is InChI=1S/C27H22Ge/c1-4-12-22(13-5-1)27-21-28(24-15-6-2-7-16-24,25-17-8-3-9-18-25)20-23-14-10-11-19-26(23)27/h1-19,21H,20H2. The van der Waals surface area contributed by atoms with E-state index >= 15 is 0 Å². The number of hydrogen-bond acceptors (Lipinski definition) is 0. The molecule has 0 nitrogen and oxygen atoms in total. The topological polar surface area (TPSA) is 0 Å². The van der Waals surface area contributed by atoms with Crippen molar-refractivity contribution < 1.29 is 0 Å². The molecule has 0 fully saturated rings. The summed E-state index contributed by atoms with van der Waals surface area (Å²) in [5, 5.41) is 1.15. The molecule has 1 aliphatic heterocycles. The summed E-state index contributed by atoms with van der Waals surface area (Å²) in [4.78, 5) is 2.68. The molecule has 0 unspecified atom stereocenters. The molecule has 0 spiro atoms. The van der Waals surface area contributed by atoms with Gasteiger partial charge in [0.15, 0.2) is 0 Å². The van der Waals surface area contributed by atoms with Crippen LogP contribution < -0.4 is 8.79 Å². The molecule has 4 aromatic rings. The molecule has 0 bridgehead atoms. The average Bonchev–Trinajstić information content (AvgIpc) is 2.80. The van der Waals surface area contributed by atoms with Crippen LogP contribution in [0.2, 0.25) is 0 Å². The van der Waals surface area contributed by atoms with Crippen LogP contribution in [0, 0.1) is 0 Å². The van der Waals surface area contributed by atoms with Crippen molar-refractivity contribution in [2.24, 2.45) is 0 Å². The van der Waals surface area contributed by atoms with Crippen LogP contribution in [0.15, 0.2) is 120 Å². The molecule has 0 aliphatic carbocycles.